The quantitative estimate of drug-likeness (QED) is 0.832. The van der Waals surface area contributed by atoms with E-state index in [9.17, 15) is 4.79 Å². The van der Waals surface area contributed by atoms with Crippen LogP contribution in [0.4, 0.5) is 0 Å². The number of halogens is 1. The standard InChI is InChI=1S/C15H17ClN2O3/c1-2-21-15(20)13-12(8-9-19)14(16)18(17-13)10-11-6-4-3-5-7-11/h3-7,19H,2,8-10H2,1H3. The van der Waals surface area contributed by atoms with Crippen molar-refractivity contribution in [2.75, 3.05) is 13.2 Å². The van der Waals surface area contributed by atoms with Crippen molar-refractivity contribution in [2.45, 2.75) is 19.9 Å². The number of nitrogens with zero attached hydrogens (tertiary/aromatic N) is 2. The number of carbonyl (C=O) groups excluding carboxylic acids is 1. The largest absolute Gasteiger partial charge is 0.461 e. The smallest absolute Gasteiger partial charge is 0.359 e. The molecule has 1 aromatic carbocycles. The van der Waals surface area contributed by atoms with E-state index >= 15 is 0 Å². The number of aromatic nitrogens is 2. The Balaban J connectivity index is 2.34. The number of rotatable bonds is 6. The number of benzene rings is 1. The van der Waals surface area contributed by atoms with Gasteiger partial charge < -0.3 is 9.84 Å². The molecule has 0 aliphatic heterocycles. The molecule has 0 spiro atoms. The Morgan fingerprint density at radius 3 is 2.71 bits per heavy atom. The SMILES string of the molecule is CCOC(=O)c1nn(Cc2ccccc2)c(Cl)c1CCO. The molecular weight excluding hydrogens is 292 g/mol. The number of ether oxygens (including phenoxy) is 1. The molecule has 0 saturated heterocycles. The van der Waals surface area contributed by atoms with E-state index < -0.39 is 5.97 Å². The Morgan fingerprint density at radius 1 is 1.38 bits per heavy atom. The third-order valence-corrected chi connectivity index (χ3v) is 3.41. The normalized spacial score (nSPS) is 10.6. The maximum atomic E-state index is 11.9. The molecule has 2 aromatic rings. The Morgan fingerprint density at radius 2 is 2.10 bits per heavy atom. The van der Waals surface area contributed by atoms with Gasteiger partial charge in [-0.3, -0.25) is 0 Å². The lowest BCUT2D eigenvalue weighted by Gasteiger charge is -2.03. The summed E-state index contributed by atoms with van der Waals surface area (Å²) in [5, 5.41) is 13.7. The van der Waals surface area contributed by atoms with Crippen LogP contribution in [0.1, 0.15) is 28.5 Å². The molecule has 0 fully saturated rings. The second-order valence-electron chi connectivity index (χ2n) is 4.46. The first-order valence-corrected chi connectivity index (χ1v) is 7.12. The van der Waals surface area contributed by atoms with Crippen LogP contribution in [0.5, 0.6) is 0 Å². The summed E-state index contributed by atoms with van der Waals surface area (Å²) >= 11 is 6.28. The third-order valence-electron chi connectivity index (χ3n) is 2.99. The highest BCUT2D eigenvalue weighted by atomic mass is 35.5. The molecule has 21 heavy (non-hydrogen) atoms. The van der Waals surface area contributed by atoms with Gasteiger partial charge in [0, 0.05) is 18.6 Å². The number of carbonyl (C=O) groups is 1. The summed E-state index contributed by atoms with van der Waals surface area (Å²) < 4.78 is 6.53. The molecule has 1 aromatic heterocycles. The summed E-state index contributed by atoms with van der Waals surface area (Å²) in [5.74, 6) is -0.519. The minimum Gasteiger partial charge on any atom is -0.461 e. The monoisotopic (exact) mass is 308 g/mol. The molecule has 0 amide bonds. The molecule has 0 aliphatic carbocycles. The molecule has 0 aliphatic rings. The van der Waals surface area contributed by atoms with E-state index in [2.05, 4.69) is 5.10 Å². The molecule has 1 N–H and O–H groups in total. The number of hydrogen-bond donors (Lipinski definition) is 1. The van der Waals surface area contributed by atoms with Gasteiger partial charge in [-0.05, 0) is 12.5 Å². The van der Waals surface area contributed by atoms with Crippen molar-refractivity contribution in [1.82, 2.24) is 9.78 Å². The number of aliphatic hydroxyl groups excluding tert-OH is 1. The first kappa shape index (κ1) is 15.5. The Bertz CT molecular complexity index is 611. The van der Waals surface area contributed by atoms with E-state index in [-0.39, 0.29) is 25.3 Å². The van der Waals surface area contributed by atoms with Gasteiger partial charge in [-0.2, -0.15) is 5.10 Å². The number of hydrogen-bond acceptors (Lipinski definition) is 4. The van der Waals surface area contributed by atoms with Crippen molar-refractivity contribution in [1.29, 1.82) is 0 Å². The highest BCUT2D eigenvalue weighted by Crippen LogP contribution is 2.22. The van der Waals surface area contributed by atoms with Crippen LogP contribution in [-0.2, 0) is 17.7 Å². The van der Waals surface area contributed by atoms with E-state index in [0.717, 1.165) is 5.56 Å². The summed E-state index contributed by atoms with van der Waals surface area (Å²) in [6, 6.07) is 9.68. The fourth-order valence-electron chi connectivity index (χ4n) is 2.04. The van der Waals surface area contributed by atoms with Gasteiger partial charge in [0.25, 0.3) is 0 Å². The lowest BCUT2D eigenvalue weighted by molar-refractivity contribution is 0.0517. The van der Waals surface area contributed by atoms with Gasteiger partial charge in [-0.1, -0.05) is 41.9 Å². The summed E-state index contributed by atoms with van der Waals surface area (Å²) in [4.78, 5) is 11.9. The first-order valence-electron chi connectivity index (χ1n) is 6.74. The molecule has 0 atom stereocenters. The minimum atomic E-state index is -0.519. The van der Waals surface area contributed by atoms with Gasteiger partial charge >= 0.3 is 5.97 Å². The molecule has 0 saturated carbocycles. The predicted octanol–water partition coefficient (Wildman–Crippen LogP) is 2.30. The summed E-state index contributed by atoms with van der Waals surface area (Å²) in [5.41, 5.74) is 1.72. The van der Waals surface area contributed by atoms with Gasteiger partial charge in [0.05, 0.1) is 13.2 Å². The van der Waals surface area contributed by atoms with Gasteiger partial charge in [0.2, 0.25) is 0 Å². The molecule has 112 valence electrons. The molecular formula is C15H17ClN2O3. The predicted molar refractivity (Wildman–Crippen MR) is 79.5 cm³/mol. The summed E-state index contributed by atoms with van der Waals surface area (Å²) in [7, 11) is 0. The van der Waals surface area contributed by atoms with Crippen LogP contribution < -0.4 is 0 Å². The van der Waals surface area contributed by atoms with Gasteiger partial charge in [0.15, 0.2) is 5.69 Å². The zero-order valence-electron chi connectivity index (χ0n) is 11.8. The van der Waals surface area contributed by atoms with Crippen molar-refractivity contribution in [3.63, 3.8) is 0 Å². The maximum absolute atomic E-state index is 11.9. The van der Waals surface area contributed by atoms with Gasteiger partial charge in [-0.15, -0.1) is 0 Å². The van der Waals surface area contributed by atoms with Crippen molar-refractivity contribution < 1.29 is 14.6 Å². The Kier molecular flexibility index (Phi) is 5.36. The maximum Gasteiger partial charge on any atom is 0.359 e. The van der Waals surface area contributed by atoms with E-state index in [4.69, 9.17) is 21.4 Å². The van der Waals surface area contributed by atoms with Crippen molar-refractivity contribution in [3.05, 3.63) is 52.3 Å². The van der Waals surface area contributed by atoms with Gasteiger partial charge in [0.1, 0.15) is 5.15 Å². The van der Waals surface area contributed by atoms with Gasteiger partial charge in [-0.25, -0.2) is 9.48 Å². The average molecular weight is 309 g/mol. The zero-order chi connectivity index (χ0) is 15.2. The zero-order valence-corrected chi connectivity index (χ0v) is 12.5. The van der Waals surface area contributed by atoms with E-state index in [0.29, 0.717) is 17.3 Å². The van der Waals surface area contributed by atoms with Crippen LogP contribution in [0.3, 0.4) is 0 Å². The van der Waals surface area contributed by atoms with Crippen molar-refractivity contribution in [2.24, 2.45) is 0 Å². The van der Waals surface area contributed by atoms with Crippen LogP contribution in [0.25, 0.3) is 0 Å². The van der Waals surface area contributed by atoms with Crippen LogP contribution in [0.2, 0.25) is 5.15 Å². The Hall–Kier alpha value is -1.85. The molecule has 0 unspecified atom stereocenters. The van der Waals surface area contributed by atoms with Crippen LogP contribution >= 0.6 is 11.6 Å². The first-order chi connectivity index (χ1) is 10.2. The van der Waals surface area contributed by atoms with Crippen molar-refractivity contribution in [3.8, 4) is 0 Å². The van der Waals surface area contributed by atoms with E-state index in [1.54, 1.807) is 11.6 Å². The fourth-order valence-corrected chi connectivity index (χ4v) is 2.32. The molecule has 2 rings (SSSR count). The minimum absolute atomic E-state index is 0.108. The van der Waals surface area contributed by atoms with Crippen LogP contribution in [0, 0.1) is 0 Å². The molecule has 6 heteroatoms. The average Bonchev–Trinajstić information content (AvgIpc) is 2.78. The summed E-state index contributed by atoms with van der Waals surface area (Å²) in [6.07, 6.45) is 0.266. The lowest BCUT2D eigenvalue weighted by Crippen LogP contribution is -2.09. The van der Waals surface area contributed by atoms with Crippen LogP contribution in [0.15, 0.2) is 30.3 Å². The molecule has 1 heterocycles. The topological polar surface area (TPSA) is 64.3 Å². The second-order valence-corrected chi connectivity index (χ2v) is 4.81. The lowest BCUT2D eigenvalue weighted by atomic mass is 10.2. The second kappa shape index (κ2) is 7.24. The van der Waals surface area contributed by atoms with Crippen LogP contribution in [-0.4, -0.2) is 34.1 Å². The molecule has 0 bridgehead atoms. The highest BCUT2D eigenvalue weighted by Gasteiger charge is 2.22. The number of aliphatic hydroxyl groups is 1. The van der Waals surface area contributed by atoms with E-state index in [1.165, 1.54) is 0 Å². The van der Waals surface area contributed by atoms with Crippen molar-refractivity contribution >= 4 is 17.6 Å². The van der Waals surface area contributed by atoms with E-state index in [1.807, 2.05) is 30.3 Å². The Labute approximate surface area is 128 Å². The fraction of sp³-hybridized carbons (Fsp3) is 0.333. The molecule has 5 nitrogen and oxygen atoms in total. The highest BCUT2D eigenvalue weighted by molar-refractivity contribution is 6.30. The summed E-state index contributed by atoms with van der Waals surface area (Å²) in [6.45, 7) is 2.34. The number of esters is 1. The molecule has 0 radical (unpaired) electrons. The third kappa shape index (κ3) is 3.62.